The number of benzene rings is 2. The first-order chi connectivity index (χ1) is 13.2. The first kappa shape index (κ1) is 17.2. The predicted molar refractivity (Wildman–Crippen MR) is 105 cm³/mol. The Morgan fingerprint density at radius 2 is 2.00 bits per heavy atom. The molecule has 2 heterocycles. The van der Waals surface area contributed by atoms with E-state index in [1.54, 1.807) is 6.07 Å². The molecule has 2 aromatic heterocycles. The van der Waals surface area contributed by atoms with Gasteiger partial charge in [-0.25, -0.2) is 4.79 Å². The van der Waals surface area contributed by atoms with E-state index in [-0.39, 0.29) is 6.61 Å². The van der Waals surface area contributed by atoms with E-state index in [2.05, 4.69) is 10.2 Å². The van der Waals surface area contributed by atoms with Gasteiger partial charge in [0, 0.05) is 24.1 Å². The smallest absolute Gasteiger partial charge is 0.336 e. The molecule has 4 rings (SSSR count). The minimum absolute atomic E-state index is 0.259. The minimum Gasteiger partial charge on any atom is -0.485 e. The first-order valence-corrected chi connectivity index (χ1v) is 8.96. The van der Waals surface area contributed by atoms with Crippen molar-refractivity contribution in [3.8, 4) is 16.9 Å². The molecule has 0 radical (unpaired) electrons. The molecule has 0 atom stereocenters. The van der Waals surface area contributed by atoms with Crippen molar-refractivity contribution in [3.63, 3.8) is 0 Å². The van der Waals surface area contributed by atoms with E-state index >= 15 is 0 Å². The number of hydrogen-bond acceptors (Lipinski definition) is 5. The van der Waals surface area contributed by atoms with Gasteiger partial charge in [0.25, 0.3) is 0 Å². The lowest BCUT2D eigenvalue weighted by Crippen LogP contribution is -2.06. The van der Waals surface area contributed by atoms with Crippen molar-refractivity contribution in [2.45, 2.75) is 20.1 Å². The van der Waals surface area contributed by atoms with Crippen LogP contribution in [0.2, 0.25) is 0 Å². The van der Waals surface area contributed by atoms with Gasteiger partial charge in [-0.1, -0.05) is 30.3 Å². The number of ether oxygens (including phenoxy) is 1. The second-order valence-electron chi connectivity index (χ2n) is 5.98. The zero-order chi connectivity index (χ0) is 18.8. The SMILES string of the molecule is CCn1c(COc2ccc3c(-c4ccccc4)cc(=O)oc3c2)n[nH]c1=S. The number of nitrogens with zero attached hydrogens (tertiary/aromatic N) is 2. The number of aromatic nitrogens is 3. The van der Waals surface area contributed by atoms with Gasteiger partial charge in [-0.3, -0.25) is 5.10 Å². The van der Waals surface area contributed by atoms with Crippen LogP contribution in [-0.4, -0.2) is 14.8 Å². The maximum Gasteiger partial charge on any atom is 0.336 e. The summed E-state index contributed by atoms with van der Waals surface area (Å²) in [5.41, 5.74) is 1.88. The van der Waals surface area contributed by atoms with Gasteiger partial charge in [-0.15, -0.1) is 0 Å². The molecule has 0 bridgehead atoms. The normalized spacial score (nSPS) is 11.0. The second kappa shape index (κ2) is 7.20. The zero-order valence-electron chi connectivity index (χ0n) is 14.6. The molecule has 0 aliphatic rings. The summed E-state index contributed by atoms with van der Waals surface area (Å²) in [6.07, 6.45) is 0. The molecule has 2 aromatic carbocycles. The lowest BCUT2D eigenvalue weighted by molar-refractivity contribution is 0.289. The van der Waals surface area contributed by atoms with Crippen LogP contribution in [0.25, 0.3) is 22.1 Å². The van der Waals surface area contributed by atoms with Crippen LogP contribution in [0.15, 0.2) is 63.8 Å². The second-order valence-corrected chi connectivity index (χ2v) is 6.37. The first-order valence-electron chi connectivity index (χ1n) is 8.56. The van der Waals surface area contributed by atoms with Gasteiger partial charge in [-0.05, 0) is 42.4 Å². The van der Waals surface area contributed by atoms with E-state index in [0.29, 0.717) is 28.5 Å². The molecule has 0 fully saturated rings. The molecule has 7 heteroatoms. The summed E-state index contributed by atoms with van der Waals surface area (Å²) in [6.45, 7) is 2.96. The fourth-order valence-electron chi connectivity index (χ4n) is 3.02. The third-order valence-corrected chi connectivity index (χ3v) is 4.63. The van der Waals surface area contributed by atoms with Crippen molar-refractivity contribution < 1.29 is 9.15 Å². The van der Waals surface area contributed by atoms with Crippen molar-refractivity contribution in [2.75, 3.05) is 0 Å². The summed E-state index contributed by atoms with van der Waals surface area (Å²) in [6, 6.07) is 16.7. The third kappa shape index (κ3) is 3.41. The average Bonchev–Trinajstić information content (AvgIpc) is 3.05. The molecular weight excluding hydrogens is 362 g/mol. The summed E-state index contributed by atoms with van der Waals surface area (Å²) in [5.74, 6) is 1.30. The van der Waals surface area contributed by atoms with Crippen molar-refractivity contribution >= 4 is 23.2 Å². The standard InChI is InChI=1S/C20H17N3O3S/c1-2-23-18(21-22-20(23)27)12-25-14-8-9-15-16(13-6-4-3-5-7-13)11-19(24)26-17(15)10-14/h3-11H,2,12H2,1H3,(H,22,27). The lowest BCUT2D eigenvalue weighted by atomic mass is 10.0. The van der Waals surface area contributed by atoms with Crippen LogP contribution >= 0.6 is 12.2 Å². The fourth-order valence-corrected chi connectivity index (χ4v) is 3.30. The summed E-state index contributed by atoms with van der Waals surface area (Å²) < 4.78 is 13.6. The summed E-state index contributed by atoms with van der Waals surface area (Å²) in [4.78, 5) is 12.0. The van der Waals surface area contributed by atoms with E-state index < -0.39 is 5.63 Å². The van der Waals surface area contributed by atoms with Gasteiger partial charge in [0.05, 0.1) is 0 Å². The lowest BCUT2D eigenvalue weighted by Gasteiger charge is -2.09. The maximum atomic E-state index is 12.0. The fraction of sp³-hybridized carbons (Fsp3) is 0.150. The van der Waals surface area contributed by atoms with Crippen molar-refractivity contribution in [1.29, 1.82) is 0 Å². The van der Waals surface area contributed by atoms with Crippen molar-refractivity contribution in [3.05, 3.63) is 75.6 Å². The molecule has 1 N–H and O–H groups in total. The molecule has 4 aromatic rings. The van der Waals surface area contributed by atoms with Crippen LogP contribution in [0.3, 0.4) is 0 Å². The van der Waals surface area contributed by atoms with Gasteiger partial charge < -0.3 is 13.7 Å². The molecule has 0 amide bonds. The summed E-state index contributed by atoms with van der Waals surface area (Å²) >= 11 is 5.18. The number of nitrogens with one attached hydrogen (secondary N) is 1. The van der Waals surface area contributed by atoms with E-state index in [0.717, 1.165) is 16.5 Å². The quantitative estimate of drug-likeness (QED) is 0.413. The summed E-state index contributed by atoms with van der Waals surface area (Å²) in [7, 11) is 0. The van der Waals surface area contributed by atoms with Gasteiger partial charge in [-0.2, -0.15) is 5.10 Å². The topological polar surface area (TPSA) is 73.1 Å². The van der Waals surface area contributed by atoms with Gasteiger partial charge in [0.2, 0.25) is 0 Å². The molecule has 0 unspecified atom stereocenters. The minimum atomic E-state index is -0.398. The van der Waals surface area contributed by atoms with Crippen LogP contribution in [0, 0.1) is 4.77 Å². The van der Waals surface area contributed by atoms with Crippen LogP contribution in [-0.2, 0) is 13.2 Å². The molecule has 27 heavy (non-hydrogen) atoms. The highest BCUT2D eigenvalue weighted by atomic mass is 32.1. The van der Waals surface area contributed by atoms with Crippen LogP contribution in [0.5, 0.6) is 5.75 Å². The maximum absolute atomic E-state index is 12.0. The number of H-pyrrole nitrogens is 1. The van der Waals surface area contributed by atoms with E-state index in [1.165, 1.54) is 6.07 Å². The molecule has 136 valence electrons. The Morgan fingerprint density at radius 3 is 2.78 bits per heavy atom. The van der Waals surface area contributed by atoms with E-state index in [4.69, 9.17) is 21.4 Å². The molecule has 0 aliphatic heterocycles. The monoisotopic (exact) mass is 379 g/mol. The van der Waals surface area contributed by atoms with Crippen molar-refractivity contribution in [1.82, 2.24) is 14.8 Å². The highest BCUT2D eigenvalue weighted by Crippen LogP contribution is 2.29. The molecular formula is C20H17N3O3S. The molecule has 0 spiro atoms. The Kier molecular flexibility index (Phi) is 4.60. The molecule has 0 aliphatic carbocycles. The van der Waals surface area contributed by atoms with Gasteiger partial charge in [0.15, 0.2) is 10.6 Å². The van der Waals surface area contributed by atoms with Crippen LogP contribution in [0.4, 0.5) is 0 Å². The van der Waals surface area contributed by atoms with Crippen LogP contribution < -0.4 is 10.4 Å². The highest BCUT2D eigenvalue weighted by Gasteiger charge is 2.10. The highest BCUT2D eigenvalue weighted by molar-refractivity contribution is 7.71. The Morgan fingerprint density at radius 1 is 1.19 bits per heavy atom. The number of fused-ring (bicyclic) bond motifs is 1. The third-order valence-electron chi connectivity index (χ3n) is 4.32. The Hall–Kier alpha value is -3.19. The number of hydrogen-bond donors (Lipinski definition) is 1. The zero-order valence-corrected chi connectivity index (χ0v) is 15.5. The Balaban J connectivity index is 1.68. The molecule has 0 saturated carbocycles. The largest absolute Gasteiger partial charge is 0.485 e. The summed E-state index contributed by atoms with van der Waals surface area (Å²) in [5, 5.41) is 7.79. The average molecular weight is 379 g/mol. The van der Waals surface area contributed by atoms with Gasteiger partial charge in [0.1, 0.15) is 17.9 Å². The molecule has 0 saturated heterocycles. The van der Waals surface area contributed by atoms with Crippen LogP contribution in [0.1, 0.15) is 12.7 Å². The predicted octanol–water partition coefficient (Wildman–Crippen LogP) is 4.31. The van der Waals surface area contributed by atoms with E-state index in [1.807, 2.05) is 54.0 Å². The number of aromatic amines is 1. The van der Waals surface area contributed by atoms with Crippen molar-refractivity contribution in [2.24, 2.45) is 0 Å². The van der Waals surface area contributed by atoms with E-state index in [9.17, 15) is 4.79 Å². The Bertz CT molecular complexity index is 1210. The van der Waals surface area contributed by atoms with Gasteiger partial charge >= 0.3 is 5.63 Å². The molecule has 6 nitrogen and oxygen atoms in total. The number of rotatable bonds is 5. The Labute approximate surface area is 160 Å².